The van der Waals surface area contributed by atoms with Gasteiger partial charge in [0.25, 0.3) is 0 Å². The van der Waals surface area contributed by atoms with Crippen molar-refractivity contribution in [2.45, 2.75) is 18.2 Å². The van der Waals surface area contributed by atoms with Gasteiger partial charge >= 0.3 is 6.03 Å². The van der Waals surface area contributed by atoms with Gasteiger partial charge < -0.3 is 16.4 Å². The van der Waals surface area contributed by atoms with Crippen molar-refractivity contribution in [1.82, 2.24) is 5.32 Å². The monoisotopic (exact) mass is 289 g/mol. The van der Waals surface area contributed by atoms with Crippen molar-refractivity contribution in [3.8, 4) is 0 Å². The summed E-state index contributed by atoms with van der Waals surface area (Å²) in [5.74, 6) is 1.11. The third-order valence-electron chi connectivity index (χ3n) is 2.01. The second-order valence-electron chi connectivity index (χ2n) is 3.54. The van der Waals surface area contributed by atoms with Crippen molar-refractivity contribution in [2.75, 3.05) is 24.2 Å². The first kappa shape index (κ1) is 17.1. The zero-order valence-corrected chi connectivity index (χ0v) is 12.1. The zero-order chi connectivity index (χ0) is 12.5. The van der Waals surface area contributed by atoms with Crippen LogP contribution in [-0.4, -0.2) is 24.9 Å². The van der Waals surface area contributed by atoms with Gasteiger partial charge in [-0.1, -0.05) is 6.92 Å². The van der Waals surface area contributed by atoms with Gasteiger partial charge in [-0.2, -0.15) is 0 Å². The van der Waals surface area contributed by atoms with E-state index in [1.165, 1.54) is 4.90 Å². The van der Waals surface area contributed by atoms with Crippen LogP contribution in [0.3, 0.4) is 0 Å². The molecule has 4 nitrogen and oxygen atoms in total. The number of nitrogens with two attached hydrogens (primary N) is 1. The highest BCUT2D eigenvalue weighted by molar-refractivity contribution is 7.99. The number of anilines is 1. The molecule has 6 heteroatoms. The molecule has 0 atom stereocenters. The molecule has 0 saturated carbocycles. The van der Waals surface area contributed by atoms with Gasteiger partial charge in [-0.25, -0.2) is 4.79 Å². The Morgan fingerprint density at radius 3 is 2.56 bits per heavy atom. The van der Waals surface area contributed by atoms with Crippen molar-refractivity contribution in [3.63, 3.8) is 0 Å². The van der Waals surface area contributed by atoms with E-state index in [9.17, 15) is 4.79 Å². The Bertz CT molecular complexity index is 346. The Hall–Kier alpha value is -0.910. The number of amides is 2. The maximum Gasteiger partial charge on any atom is 0.319 e. The van der Waals surface area contributed by atoms with E-state index in [-0.39, 0.29) is 18.4 Å². The number of hydrogen-bond donors (Lipinski definition) is 3. The molecule has 102 valence electrons. The summed E-state index contributed by atoms with van der Waals surface area (Å²) < 4.78 is 0. The molecule has 0 aliphatic rings. The SMILES string of the molecule is CCCSc1ccc(NC(=O)NCCN)cc1.Cl. The minimum atomic E-state index is -0.218. The van der Waals surface area contributed by atoms with E-state index in [1.807, 2.05) is 36.0 Å². The first-order valence-corrected chi connectivity index (χ1v) is 6.72. The maximum atomic E-state index is 11.3. The van der Waals surface area contributed by atoms with E-state index in [0.717, 1.165) is 17.9 Å². The summed E-state index contributed by atoms with van der Waals surface area (Å²) in [7, 11) is 0. The van der Waals surface area contributed by atoms with Crippen LogP contribution in [0, 0.1) is 0 Å². The van der Waals surface area contributed by atoms with E-state index in [2.05, 4.69) is 17.6 Å². The van der Waals surface area contributed by atoms with Crippen molar-refractivity contribution in [3.05, 3.63) is 24.3 Å². The summed E-state index contributed by atoms with van der Waals surface area (Å²) in [5.41, 5.74) is 6.08. The largest absolute Gasteiger partial charge is 0.337 e. The van der Waals surface area contributed by atoms with Crippen molar-refractivity contribution in [2.24, 2.45) is 5.73 Å². The van der Waals surface area contributed by atoms with Crippen LogP contribution in [0.2, 0.25) is 0 Å². The molecule has 0 saturated heterocycles. The van der Waals surface area contributed by atoms with Gasteiger partial charge in [-0.15, -0.1) is 24.2 Å². The maximum absolute atomic E-state index is 11.3. The Kier molecular flexibility index (Phi) is 9.55. The van der Waals surface area contributed by atoms with E-state index in [4.69, 9.17) is 5.73 Å². The smallest absolute Gasteiger partial charge is 0.319 e. The van der Waals surface area contributed by atoms with Gasteiger partial charge in [0.15, 0.2) is 0 Å². The molecule has 1 rings (SSSR count). The molecular weight excluding hydrogens is 270 g/mol. The Labute approximate surface area is 118 Å². The molecule has 0 spiro atoms. The number of hydrogen-bond acceptors (Lipinski definition) is 3. The van der Waals surface area contributed by atoms with Crippen LogP contribution in [0.25, 0.3) is 0 Å². The van der Waals surface area contributed by atoms with Gasteiger partial charge in [0.05, 0.1) is 0 Å². The van der Waals surface area contributed by atoms with Crippen LogP contribution in [0.1, 0.15) is 13.3 Å². The van der Waals surface area contributed by atoms with Crippen molar-refractivity contribution >= 4 is 35.9 Å². The second-order valence-corrected chi connectivity index (χ2v) is 4.71. The summed E-state index contributed by atoms with van der Waals surface area (Å²) in [6, 6.07) is 7.61. The molecule has 0 aliphatic carbocycles. The molecule has 1 aromatic rings. The minimum absolute atomic E-state index is 0. The van der Waals surface area contributed by atoms with Gasteiger partial charge in [0.1, 0.15) is 0 Å². The van der Waals surface area contributed by atoms with Gasteiger partial charge in [0.2, 0.25) is 0 Å². The molecule has 0 bridgehead atoms. The fraction of sp³-hybridized carbons (Fsp3) is 0.417. The van der Waals surface area contributed by atoms with Crippen LogP contribution < -0.4 is 16.4 Å². The molecule has 18 heavy (non-hydrogen) atoms. The number of urea groups is 1. The van der Waals surface area contributed by atoms with Crippen LogP contribution >= 0.6 is 24.2 Å². The zero-order valence-electron chi connectivity index (χ0n) is 10.4. The highest BCUT2D eigenvalue weighted by atomic mass is 35.5. The van der Waals surface area contributed by atoms with Crippen LogP contribution in [0.15, 0.2) is 29.2 Å². The normalized spacial score (nSPS) is 9.44. The number of carbonyl (C=O) groups is 1. The Morgan fingerprint density at radius 2 is 2.00 bits per heavy atom. The third-order valence-corrected chi connectivity index (χ3v) is 3.23. The highest BCUT2D eigenvalue weighted by Gasteiger charge is 2.00. The number of carbonyl (C=O) groups excluding carboxylic acids is 1. The number of halogens is 1. The summed E-state index contributed by atoms with van der Waals surface area (Å²) in [5, 5.41) is 5.39. The fourth-order valence-electron chi connectivity index (χ4n) is 1.22. The summed E-state index contributed by atoms with van der Waals surface area (Å²) in [6.07, 6.45) is 1.16. The van der Waals surface area contributed by atoms with Gasteiger partial charge in [0, 0.05) is 23.7 Å². The minimum Gasteiger partial charge on any atom is -0.337 e. The predicted molar refractivity (Wildman–Crippen MR) is 80.8 cm³/mol. The lowest BCUT2D eigenvalue weighted by atomic mass is 10.3. The van der Waals surface area contributed by atoms with Gasteiger partial charge in [-0.05, 0) is 36.4 Å². The standard InChI is InChI=1S/C12H19N3OS.ClH/c1-2-9-17-11-5-3-10(4-6-11)15-12(16)14-8-7-13;/h3-6H,2,7-9,13H2,1H3,(H2,14,15,16);1H. The fourth-order valence-corrected chi connectivity index (χ4v) is 1.98. The Morgan fingerprint density at radius 1 is 1.33 bits per heavy atom. The molecule has 2 amide bonds. The first-order chi connectivity index (χ1) is 8.26. The quantitative estimate of drug-likeness (QED) is 0.705. The lowest BCUT2D eigenvalue weighted by Gasteiger charge is -2.07. The topological polar surface area (TPSA) is 67.2 Å². The van der Waals surface area contributed by atoms with Crippen molar-refractivity contribution in [1.29, 1.82) is 0 Å². The molecule has 0 aliphatic heterocycles. The molecule has 0 radical (unpaired) electrons. The van der Waals surface area contributed by atoms with Gasteiger partial charge in [-0.3, -0.25) is 0 Å². The lowest BCUT2D eigenvalue weighted by Crippen LogP contribution is -2.32. The second kappa shape index (κ2) is 10.1. The third kappa shape index (κ3) is 6.74. The summed E-state index contributed by atoms with van der Waals surface area (Å²) >= 11 is 1.82. The molecule has 0 fully saturated rings. The molecule has 0 unspecified atom stereocenters. The van der Waals surface area contributed by atoms with E-state index >= 15 is 0 Å². The predicted octanol–water partition coefficient (Wildman–Crippen LogP) is 2.69. The average molecular weight is 290 g/mol. The number of nitrogens with one attached hydrogen (secondary N) is 2. The molecule has 0 aromatic heterocycles. The molecular formula is C12H20ClN3OS. The van der Waals surface area contributed by atoms with Crippen LogP contribution in [0.5, 0.6) is 0 Å². The lowest BCUT2D eigenvalue weighted by molar-refractivity contribution is 0.252. The number of thioether (sulfide) groups is 1. The van der Waals surface area contributed by atoms with Crippen molar-refractivity contribution < 1.29 is 4.79 Å². The molecule has 0 heterocycles. The van der Waals surface area contributed by atoms with Crippen LogP contribution in [-0.2, 0) is 0 Å². The first-order valence-electron chi connectivity index (χ1n) is 5.74. The number of rotatable bonds is 6. The molecule has 4 N–H and O–H groups in total. The summed E-state index contributed by atoms with van der Waals surface area (Å²) in [4.78, 5) is 12.6. The van der Waals surface area contributed by atoms with Crippen LogP contribution in [0.4, 0.5) is 10.5 Å². The summed E-state index contributed by atoms with van der Waals surface area (Å²) in [6.45, 7) is 3.08. The van der Waals surface area contributed by atoms with E-state index in [0.29, 0.717) is 13.1 Å². The Balaban J connectivity index is 0.00000289. The van der Waals surface area contributed by atoms with E-state index in [1.54, 1.807) is 0 Å². The highest BCUT2D eigenvalue weighted by Crippen LogP contribution is 2.20. The van der Waals surface area contributed by atoms with E-state index < -0.39 is 0 Å². The molecule has 1 aromatic carbocycles. The number of benzene rings is 1. The average Bonchev–Trinajstić information content (AvgIpc) is 2.35.